The van der Waals surface area contributed by atoms with Gasteiger partial charge in [0.2, 0.25) is 0 Å². The van der Waals surface area contributed by atoms with Crippen LogP contribution in [0.1, 0.15) is 31.7 Å². The molecule has 92 valence electrons. The summed E-state index contributed by atoms with van der Waals surface area (Å²) in [6.45, 7) is 5.69. The van der Waals surface area contributed by atoms with Crippen LogP contribution >= 0.6 is 0 Å². The van der Waals surface area contributed by atoms with Crippen molar-refractivity contribution in [2.24, 2.45) is 0 Å². The van der Waals surface area contributed by atoms with Gasteiger partial charge in [-0.3, -0.25) is 9.88 Å². The van der Waals surface area contributed by atoms with Crippen LogP contribution in [0.5, 0.6) is 0 Å². The van der Waals surface area contributed by atoms with Gasteiger partial charge in [-0.1, -0.05) is 0 Å². The minimum absolute atomic E-state index is 0.591. The van der Waals surface area contributed by atoms with Gasteiger partial charge in [-0.15, -0.1) is 0 Å². The number of nitrogens with one attached hydrogen (secondary N) is 1. The molecule has 3 heteroatoms. The lowest BCUT2D eigenvalue weighted by molar-refractivity contribution is 0.257. The lowest BCUT2D eigenvalue weighted by Crippen LogP contribution is -2.31. The third-order valence-electron chi connectivity index (χ3n) is 4.04. The standard InChI is InChI=1S/C14H21N3/c1-10-5-6-15-8-14(10)16-12-7-11(2)17(9-12)13-3-4-13/h5-6,8,11-13,16H,3-4,7,9H2,1-2H3. The van der Waals surface area contributed by atoms with E-state index in [9.17, 15) is 0 Å². The first-order valence-electron chi connectivity index (χ1n) is 6.67. The van der Waals surface area contributed by atoms with Crippen LogP contribution in [0, 0.1) is 6.92 Å². The van der Waals surface area contributed by atoms with Crippen molar-refractivity contribution in [1.82, 2.24) is 9.88 Å². The first kappa shape index (κ1) is 11.0. The van der Waals surface area contributed by atoms with Crippen molar-refractivity contribution in [3.63, 3.8) is 0 Å². The Balaban J connectivity index is 1.65. The first-order chi connectivity index (χ1) is 8.24. The van der Waals surface area contributed by atoms with Crippen LogP contribution in [0.15, 0.2) is 18.5 Å². The van der Waals surface area contributed by atoms with Gasteiger partial charge in [0.1, 0.15) is 0 Å². The summed E-state index contributed by atoms with van der Waals surface area (Å²) in [5, 5.41) is 3.65. The number of aryl methyl sites for hydroxylation is 1. The Morgan fingerprint density at radius 1 is 1.41 bits per heavy atom. The summed E-state index contributed by atoms with van der Waals surface area (Å²) in [5.74, 6) is 0. The Morgan fingerprint density at radius 3 is 2.94 bits per heavy atom. The van der Waals surface area contributed by atoms with Crippen LogP contribution in [0.2, 0.25) is 0 Å². The monoisotopic (exact) mass is 231 g/mol. The Morgan fingerprint density at radius 2 is 2.24 bits per heavy atom. The summed E-state index contributed by atoms with van der Waals surface area (Å²) in [6.07, 6.45) is 7.87. The first-order valence-corrected chi connectivity index (χ1v) is 6.67. The van der Waals surface area contributed by atoms with E-state index in [1.54, 1.807) is 0 Å². The fourth-order valence-electron chi connectivity index (χ4n) is 2.91. The van der Waals surface area contributed by atoms with Gasteiger partial charge in [0.15, 0.2) is 0 Å². The van der Waals surface area contributed by atoms with E-state index in [2.05, 4.69) is 35.1 Å². The molecule has 17 heavy (non-hydrogen) atoms. The number of hydrogen-bond donors (Lipinski definition) is 1. The molecule has 0 amide bonds. The number of likely N-dealkylation sites (tertiary alicyclic amines) is 1. The number of pyridine rings is 1. The van der Waals surface area contributed by atoms with E-state index >= 15 is 0 Å². The number of hydrogen-bond acceptors (Lipinski definition) is 3. The van der Waals surface area contributed by atoms with Crippen molar-refractivity contribution < 1.29 is 0 Å². The van der Waals surface area contributed by atoms with E-state index in [0.29, 0.717) is 6.04 Å². The number of aromatic nitrogens is 1. The number of rotatable bonds is 3. The Bertz CT molecular complexity index is 400. The Hall–Kier alpha value is -1.09. The fraction of sp³-hybridized carbons (Fsp3) is 0.643. The predicted octanol–water partition coefficient (Wildman–Crippen LogP) is 2.43. The lowest BCUT2D eigenvalue weighted by Gasteiger charge is -2.20. The molecule has 2 heterocycles. The highest BCUT2D eigenvalue weighted by Gasteiger charge is 2.38. The molecule has 1 saturated heterocycles. The highest BCUT2D eigenvalue weighted by Crippen LogP contribution is 2.34. The van der Waals surface area contributed by atoms with Crippen LogP contribution in [-0.2, 0) is 0 Å². The molecule has 0 radical (unpaired) electrons. The molecule has 1 aliphatic carbocycles. The molecule has 0 spiro atoms. The van der Waals surface area contributed by atoms with Crippen molar-refractivity contribution in [3.05, 3.63) is 24.0 Å². The zero-order valence-corrected chi connectivity index (χ0v) is 10.7. The summed E-state index contributed by atoms with van der Waals surface area (Å²) < 4.78 is 0. The van der Waals surface area contributed by atoms with E-state index in [0.717, 1.165) is 12.1 Å². The highest BCUT2D eigenvalue weighted by atomic mass is 15.3. The zero-order chi connectivity index (χ0) is 11.8. The third-order valence-corrected chi connectivity index (χ3v) is 4.04. The van der Waals surface area contributed by atoms with Gasteiger partial charge < -0.3 is 5.32 Å². The summed E-state index contributed by atoms with van der Waals surface area (Å²) in [5.41, 5.74) is 2.49. The van der Waals surface area contributed by atoms with Gasteiger partial charge in [0.25, 0.3) is 0 Å². The van der Waals surface area contributed by atoms with E-state index in [-0.39, 0.29) is 0 Å². The smallest absolute Gasteiger partial charge is 0.0559 e. The zero-order valence-electron chi connectivity index (χ0n) is 10.7. The molecule has 0 aromatic carbocycles. The van der Waals surface area contributed by atoms with Crippen molar-refractivity contribution >= 4 is 5.69 Å². The maximum atomic E-state index is 4.20. The predicted molar refractivity (Wildman–Crippen MR) is 70.2 cm³/mol. The van der Waals surface area contributed by atoms with Gasteiger partial charge in [-0.2, -0.15) is 0 Å². The van der Waals surface area contributed by atoms with Crippen molar-refractivity contribution in [2.45, 2.75) is 51.2 Å². The second kappa shape index (κ2) is 4.30. The average molecular weight is 231 g/mol. The maximum Gasteiger partial charge on any atom is 0.0559 e. The van der Waals surface area contributed by atoms with Gasteiger partial charge in [0.05, 0.1) is 11.9 Å². The molecular weight excluding hydrogens is 210 g/mol. The van der Waals surface area contributed by atoms with Crippen LogP contribution in [-0.4, -0.2) is 34.6 Å². The quantitative estimate of drug-likeness (QED) is 0.866. The third kappa shape index (κ3) is 2.29. The average Bonchev–Trinajstić information content (AvgIpc) is 3.07. The molecule has 2 fully saturated rings. The molecule has 2 aliphatic rings. The van der Waals surface area contributed by atoms with Crippen molar-refractivity contribution in [2.75, 3.05) is 11.9 Å². The molecular formula is C14H21N3. The largest absolute Gasteiger partial charge is 0.380 e. The van der Waals surface area contributed by atoms with E-state index in [1.165, 1.54) is 37.1 Å². The lowest BCUT2D eigenvalue weighted by atomic mass is 10.1. The van der Waals surface area contributed by atoms with Crippen molar-refractivity contribution in [1.29, 1.82) is 0 Å². The molecule has 1 aromatic rings. The van der Waals surface area contributed by atoms with Gasteiger partial charge in [-0.25, -0.2) is 0 Å². The maximum absolute atomic E-state index is 4.20. The van der Waals surface area contributed by atoms with Crippen molar-refractivity contribution in [3.8, 4) is 0 Å². The summed E-state index contributed by atoms with van der Waals surface area (Å²) in [6, 6.07) is 4.27. The summed E-state index contributed by atoms with van der Waals surface area (Å²) in [4.78, 5) is 6.87. The Kier molecular flexibility index (Phi) is 2.79. The molecule has 1 N–H and O–H groups in total. The second-order valence-electron chi connectivity index (χ2n) is 5.54. The normalized spacial score (nSPS) is 29.5. The molecule has 3 rings (SSSR count). The SMILES string of the molecule is Cc1ccncc1NC1CC(C)N(C2CC2)C1. The highest BCUT2D eigenvalue weighted by molar-refractivity contribution is 5.49. The van der Waals surface area contributed by atoms with Gasteiger partial charge >= 0.3 is 0 Å². The van der Waals surface area contributed by atoms with E-state index in [1.807, 2.05) is 12.4 Å². The molecule has 2 unspecified atom stereocenters. The molecule has 0 bridgehead atoms. The molecule has 1 aliphatic heterocycles. The molecule has 1 saturated carbocycles. The fourth-order valence-corrected chi connectivity index (χ4v) is 2.91. The molecule has 3 nitrogen and oxygen atoms in total. The minimum Gasteiger partial charge on any atom is -0.380 e. The van der Waals surface area contributed by atoms with Crippen LogP contribution < -0.4 is 5.32 Å². The molecule has 2 atom stereocenters. The molecule has 1 aromatic heterocycles. The topological polar surface area (TPSA) is 28.2 Å². The van der Waals surface area contributed by atoms with E-state index in [4.69, 9.17) is 0 Å². The Labute approximate surface area is 103 Å². The van der Waals surface area contributed by atoms with E-state index < -0.39 is 0 Å². The van der Waals surface area contributed by atoms with Crippen LogP contribution in [0.4, 0.5) is 5.69 Å². The van der Waals surface area contributed by atoms with Crippen LogP contribution in [0.25, 0.3) is 0 Å². The second-order valence-corrected chi connectivity index (χ2v) is 5.54. The number of anilines is 1. The van der Waals surface area contributed by atoms with Gasteiger partial charge in [-0.05, 0) is 44.7 Å². The van der Waals surface area contributed by atoms with Gasteiger partial charge in [0, 0.05) is 30.9 Å². The number of nitrogens with zero attached hydrogens (tertiary/aromatic N) is 2. The van der Waals surface area contributed by atoms with Crippen LogP contribution in [0.3, 0.4) is 0 Å². The summed E-state index contributed by atoms with van der Waals surface area (Å²) in [7, 11) is 0. The summed E-state index contributed by atoms with van der Waals surface area (Å²) >= 11 is 0. The minimum atomic E-state index is 0.591.